The number of para-hydroxylation sites is 1. The SMILES string of the molecule is C=C(C(=O)N(Cc1cccnc1)C(=O)[C@]12CNC[C@H]1[C@@]1(c3ccccc3)CC[C@@H]2c2ccccc21)c1ccccc1OC. The number of benzene rings is 3. The summed E-state index contributed by atoms with van der Waals surface area (Å²) in [5, 5.41) is 3.64. The Bertz CT molecular complexity index is 1700. The van der Waals surface area contributed by atoms with E-state index in [1.165, 1.54) is 21.6 Å². The van der Waals surface area contributed by atoms with E-state index in [1.54, 1.807) is 25.6 Å². The number of nitrogens with zero attached hydrogens (tertiary/aromatic N) is 2. The Morgan fingerprint density at radius 1 is 1.00 bits per heavy atom. The highest BCUT2D eigenvalue weighted by Gasteiger charge is 2.69. The largest absolute Gasteiger partial charge is 0.496 e. The molecule has 2 fully saturated rings. The van der Waals surface area contributed by atoms with Crippen LogP contribution in [-0.4, -0.2) is 41.9 Å². The minimum atomic E-state index is -0.804. The van der Waals surface area contributed by atoms with Crippen LogP contribution in [0.4, 0.5) is 0 Å². The number of nitrogens with one attached hydrogen (secondary N) is 1. The van der Waals surface area contributed by atoms with Gasteiger partial charge in [-0.25, -0.2) is 0 Å². The second kappa shape index (κ2) is 10.6. The fraction of sp³-hybridized carbons (Fsp3) is 0.270. The van der Waals surface area contributed by atoms with Crippen LogP contribution < -0.4 is 10.1 Å². The molecule has 216 valence electrons. The van der Waals surface area contributed by atoms with Crippen LogP contribution in [0.3, 0.4) is 0 Å². The summed E-state index contributed by atoms with van der Waals surface area (Å²) < 4.78 is 5.56. The quantitative estimate of drug-likeness (QED) is 0.288. The minimum Gasteiger partial charge on any atom is -0.496 e. The predicted molar refractivity (Wildman–Crippen MR) is 166 cm³/mol. The molecule has 0 unspecified atom stereocenters. The van der Waals surface area contributed by atoms with Crippen LogP contribution in [-0.2, 0) is 21.5 Å². The van der Waals surface area contributed by atoms with Crippen LogP contribution in [0.25, 0.3) is 5.57 Å². The molecule has 1 saturated heterocycles. The molecule has 8 rings (SSSR count). The van der Waals surface area contributed by atoms with Crippen molar-refractivity contribution in [2.24, 2.45) is 11.3 Å². The van der Waals surface area contributed by atoms with Crippen LogP contribution in [0.2, 0.25) is 0 Å². The summed E-state index contributed by atoms with van der Waals surface area (Å²) in [6.45, 7) is 5.53. The third-order valence-electron chi connectivity index (χ3n) is 10.2. The Labute approximate surface area is 252 Å². The number of methoxy groups -OCH3 is 1. The number of ether oxygens (including phenoxy) is 1. The second-order valence-corrected chi connectivity index (χ2v) is 12.0. The summed E-state index contributed by atoms with van der Waals surface area (Å²) in [5.41, 5.74) is 4.23. The van der Waals surface area contributed by atoms with Crippen molar-refractivity contribution in [2.75, 3.05) is 20.2 Å². The van der Waals surface area contributed by atoms with Gasteiger partial charge in [0.2, 0.25) is 5.91 Å². The first-order valence-electron chi connectivity index (χ1n) is 15.0. The average Bonchev–Trinajstić information content (AvgIpc) is 3.55. The molecule has 43 heavy (non-hydrogen) atoms. The van der Waals surface area contributed by atoms with Gasteiger partial charge in [0.1, 0.15) is 5.75 Å². The van der Waals surface area contributed by atoms with Gasteiger partial charge in [-0.15, -0.1) is 0 Å². The number of aromatic nitrogens is 1. The molecule has 3 aromatic carbocycles. The van der Waals surface area contributed by atoms with E-state index in [2.05, 4.69) is 65.4 Å². The van der Waals surface area contributed by atoms with Crippen molar-refractivity contribution in [3.63, 3.8) is 0 Å². The Morgan fingerprint density at radius 2 is 1.77 bits per heavy atom. The molecule has 2 heterocycles. The monoisotopic (exact) mass is 569 g/mol. The number of hydrogen-bond acceptors (Lipinski definition) is 5. The number of pyridine rings is 1. The van der Waals surface area contributed by atoms with Gasteiger partial charge in [0.15, 0.2) is 0 Å². The van der Waals surface area contributed by atoms with Crippen LogP contribution in [0, 0.1) is 11.3 Å². The zero-order valence-corrected chi connectivity index (χ0v) is 24.3. The standard InChI is InChI=1S/C37H35N3O3/c1-25(28-14-7-9-17-32(28)43-2)34(41)40(23-26-11-10-20-38-21-26)35(42)37-24-39-22-33(37)36(27-12-4-3-5-13-27)19-18-31(37)29-15-6-8-16-30(29)36/h3-17,20-21,31,33,39H,1,18-19,22-24H2,2H3/t31-,33+,36-,37+/m1/s1. The van der Waals surface area contributed by atoms with Crippen molar-refractivity contribution in [3.05, 3.63) is 138 Å². The van der Waals surface area contributed by atoms with Gasteiger partial charge >= 0.3 is 0 Å². The number of imide groups is 1. The summed E-state index contributed by atoms with van der Waals surface area (Å²) in [6.07, 6.45) is 5.25. The van der Waals surface area contributed by atoms with Gasteiger partial charge in [0.05, 0.1) is 19.1 Å². The van der Waals surface area contributed by atoms with Gasteiger partial charge in [0.25, 0.3) is 5.91 Å². The van der Waals surface area contributed by atoms with Gasteiger partial charge < -0.3 is 10.1 Å². The minimum absolute atomic E-state index is 0.00878. The van der Waals surface area contributed by atoms with Crippen LogP contribution in [0.15, 0.2) is 110 Å². The molecule has 4 aliphatic rings. The van der Waals surface area contributed by atoms with Crippen molar-refractivity contribution in [1.82, 2.24) is 15.2 Å². The first kappa shape index (κ1) is 27.3. The Morgan fingerprint density at radius 3 is 2.56 bits per heavy atom. The smallest absolute Gasteiger partial charge is 0.260 e. The maximum absolute atomic E-state index is 15.4. The predicted octanol–water partition coefficient (Wildman–Crippen LogP) is 5.74. The van der Waals surface area contributed by atoms with E-state index in [0.717, 1.165) is 18.4 Å². The highest BCUT2D eigenvalue weighted by molar-refractivity contribution is 6.24. The van der Waals surface area contributed by atoms with E-state index >= 15 is 4.79 Å². The van der Waals surface area contributed by atoms with Crippen molar-refractivity contribution in [3.8, 4) is 5.75 Å². The van der Waals surface area contributed by atoms with Gasteiger partial charge in [-0.05, 0) is 47.2 Å². The summed E-state index contributed by atoms with van der Waals surface area (Å²) in [7, 11) is 1.57. The van der Waals surface area contributed by atoms with Crippen LogP contribution in [0.1, 0.15) is 46.6 Å². The first-order chi connectivity index (χ1) is 21.0. The third kappa shape index (κ3) is 4.00. The fourth-order valence-electron chi connectivity index (χ4n) is 8.42. The van der Waals surface area contributed by atoms with Crippen molar-refractivity contribution in [2.45, 2.75) is 30.7 Å². The van der Waals surface area contributed by atoms with E-state index in [-0.39, 0.29) is 35.3 Å². The molecule has 2 amide bonds. The third-order valence-corrected chi connectivity index (χ3v) is 10.2. The Hall–Kier alpha value is -4.55. The van der Waals surface area contributed by atoms with E-state index in [0.29, 0.717) is 24.4 Å². The van der Waals surface area contributed by atoms with Gasteiger partial charge in [-0.1, -0.05) is 85.4 Å². The zero-order chi connectivity index (χ0) is 29.6. The maximum atomic E-state index is 15.4. The molecule has 0 radical (unpaired) electrons. The van der Waals surface area contributed by atoms with E-state index in [1.807, 2.05) is 36.4 Å². The lowest BCUT2D eigenvalue weighted by atomic mass is 9.41. The average molecular weight is 570 g/mol. The molecule has 6 nitrogen and oxygen atoms in total. The number of rotatable bonds is 7. The lowest BCUT2D eigenvalue weighted by Crippen LogP contribution is -2.63. The summed E-state index contributed by atoms with van der Waals surface area (Å²) in [4.78, 5) is 35.6. The highest BCUT2D eigenvalue weighted by atomic mass is 16.5. The number of fused-ring (bicyclic) bond motifs is 1. The lowest BCUT2D eigenvalue weighted by Gasteiger charge is -2.61. The second-order valence-electron chi connectivity index (χ2n) is 12.0. The molecule has 3 aliphatic carbocycles. The number of amides is 2. The van der Waals surface area contributed by atoms with Gasteiger partial charge in [-0.3, -0.25) is 19.5 Å². The number of carbonyl (C=O) groups is 2. The van der Waals surface area contributed by atoms with Crippen molar-refractivity contribution >= 4 is 17.4 Å². The number of carbonyl (C=O) groups excluding carboxylic acids is 2. The normalized spacial score (nSPS) is 25.0. The molecular formula is C37H35N3O3. The highest BCUT2D eigenvalue weighted by Crippen LogP contribution is 2.68. The topological polar surface area (TPSA) is 71.5 Å². The maximum Gasteiger partial charge on any atom is 0.260 e. The molecule has 6 heteroatoms. The first-order valence-corrected chi connectivity index (χ1v) is 15.0. The van der Waals surface area contributed by atoms with Crippen LogP contribution in [0.5, 0.6) is 5.75 Å². The molecule has 2 bridgehead atoms. The Balaban J connectivity index is 1.38. The van der Waals surface area contributed by atoms with E-state index in [4.69, 9.17) is 4.74 Å². The molecule has 4 atom stereocenters. The number of hydrogen-bond donors (Lipinski definition) is 1. The summed E-state index contributed by atoms with van der Waals surface area (Å²) in [6, 6.07) is 30.3. The summed E-state index contributed by atoms with van der Waals surface area (Å²) >= 11 is 0. The molecule has 1 aromatic heterocycles. The fourth-order valence-corrected chi connectivity index (χ4v) is 8.42. The molecule has 4 aromatic rings. The molecule has 1 N–H and O–H groups in total. The van der Waals surface area contributed by atoms with Crippen molar-refractivity contribution < 1.29 is 14.3 Å². The van der Waals surface area contributed by atoms with Crippen LogP contribution >= 0.6 is 0 Å². The molecule has 0 spiro atoms. The van der Waals surface area contributed by atoms with Crippen molar-refractivity contribution in [1.29, 1.82) is 0 Å². The molecule has 1 saturated carbocycles. The van der Waals surface area contributed by atoms with Gasteiger partial charge in [-0.2, -0.15) is 0 Å². The Kier molecular flexibility index (Phi) is 6.74. The zero-order valence-electron chi connectivity index (χ0n) is 24.3. The summed E-state index contributed by atoms with van der Waals surface area (Å²) in [5.74, 6) is -0.0477. The molecule has 1 aliphatic heterocycles. The lowest BCUT2D eigenvalue weighted by molar-refractivity contribution is -0.156. The van der Waals surface area contributed by atoms with Gasteiger partial charge in [0, 0.05) is 53.9 Å². The van der Waals surface area contributed by atoms with E-state index in [9.17, 15) is 4.79 Å². The van der Waals surface area contributed by atoms with E-state index < -0.39 is 11.3 Å². The molecular weight excluding hydrogens is 534 g/mol.